The van der Waals surface area contributed by atoms with E-state index in [0.29, 0.717) is 29.9 Å². The predicted octanol–water partition coefficient (Wildman–Crippen LogP) is 2.67. The highest BCUT2D eigenvalue weighted by atomic mass is 19.1. The van der Waals surface area contributed by atoms with E-state index in [1.54, 1.807) is 6.07 Å². The molecule has 0 saturated carbocycles. The number of amides is 1. The van der Waals surface area contributed by atoms with Gasteiger partial charge < -0.3 is 10.4 Å². The summed E-state index contributed by atoms with van der Waals surface area (Å²) < 4.78 is 14.4. The molecule has 1 amide bonds. The zero-order valence-electron chi connectivity index (χ0n) is 15.0. The van der Waals surface area contributed by atoms with Gasteiger partial charge in [-0.1, -0.05) is 42.5 Å². The largest absolute Gasteiger partial charge is 0.478 e. The minimum atomic E-state index is -1.15. The number of hydrogen-bond donors (Lipinski definition) is 2. The van der Waals surface area contributed by atoms with Crippen LogP contribution in [-0.4, -0.2) is 46.5 Å². The van der Waals surface area contributed by atoms with Gasteiger partial charge in [-0.05, 0) is 6.07 Å². The second-order valence-corrected chi connectivity index (χ2v) is 6.68. The molecule has 0 radical (unpaired) electrons. The van der Waals surface area contributed by atoms with Gasteiger partial charge in [-0.3, -0.25) is 9.69 Å². The summed E-state index contributed by atoms with van der Waals surface area (Å²) in [6, 6.07) is 13.4. The van der Waals surface area contributed by atoms with Crippen molar-refractivity contribution in [3.8, 4) is 11.3 Å². The van der Waals surface area contributed by atoms with Crippen molar-refractivity contribution in [3.05, 3.63) is 65.5 Å². The van der Waals surface area contributed by atoms with E-state index < -0.39 is 11.8 Å². The molecule has 6 nitrogen and oxygen atoms in total. The third kappa shape index (κ3) is 3.32. The number of nitrogens with one attached hydrogen (secondary N) is 1. The van der Waals surface area contributed by atoms with Crippen LogP contribution in [0.2, 0.25) is 0 Å². The van der Waals surface area contributed by atoms with E-state index >= 15 is 0 Å². The van der Waals surface area contributed by atoms with Crippen LogP contribution in [0.1, 0.15) is 15.9 Å². The molecular weight excluding hydrogens is 361 g/mol. The van der Waals surface area contributed by atoms with Crippen molar-refractivity contribution in [2.75, 3.05) is 19.6 Å². The average Bonchev–Trinajstić information content (AvgIpc) is 2.68. The molecule has 0 aliphatic carbocycles. The smallest absolute Gasteiger partial charge is 0.336 e. The first-order valence-corrected chi connectivity index (χ1v) is 8.93. The topological polar surface area (TPSA) is 82.5 Å². The van der Waals surface area contributed by atoms with Crippen LogP contribution in [0.4, 0.5) is 4.39 Å². The molecule has 1 aliphatic heterocycles. The molecule has 28 heavy (non-hydrogen) atoms. The molecule has 0 bridgehead atoms. The van der Waals surface area contributed by atoms with Gasteiger partial charge in [-0.2, -0.15) is 0 Å². The third-order valence-electron chi connectivity index (χ3n) is 4.83. The summed E-state index contributed by atoms with van der Waals surface area (Å²) in [5.74, 6) is -1.82. The van der Waals surface area contributed by atoms with Crippen LogP contribution in [0.25, 0.3) is 22.2 Å². The Balaban J connectivity index is 1.97. The SMILES string of the molecule is O=C1CN(Cc2c(-c3ccccc3)nc3c(F)cccc3c2C(=O)O)CCN1. The van der Waals surface area contributed by atoms with Gasteiger partial charge in [0, 0.05) is 36.1 Å². The number of pyridine rings is 1. The standard InChI is InChI=1S/C21H18FN3O3/c22-16-8-4-7-14-18(21(27)28)15(11-25-10-9-23-17(26)12-25)19(24-20(14)16)13-5-2-1-3-6-13/h1-8H,9-12H2,(H,23,26)(H,27,28). The monoisotopic (exact) mass is 379 g/mol. The highest BCUT2D eigenvalue weighted by molar-refractivity contribution is 6.05. The molecule has 7 heteroatoms. The van der Waals surface area contributed by atoms with Gasteiger partial charge in [0.15, 0.2) is 0 Å². The van der Waals surface area contributed by atoms with Gasteiger partial charge in [0.05, 0.1) is 17.8 Å². The normalized spacial score (nSPS) is 14.8. The van der Waals surface area contributed by atoms with Gasteiger partial charge in [0.25, 0.3) is 0 Å². The van der Waals surface area contributed by atoms with Crippen molar-refractivity contribution in [1.82, 2.24) is 15.2 Å². The fourth-order valence-electron chi connectivity index (χ4n) is 3.57. The second kappa shape index (κ2) is 7.36. The zero-order chi connectivity index (χ0) is 19.7. The van der Waals surface area contributed by atoms with Gasteiger partial charge in [-0.25, -0.2) is 14.2 Å². The number of nitrogens with zero attached hydrogens (tertiary/aromatic N) is 2. The first-order valence-electron chi connectivity index (χ1n) is 8.93. The molecule has 0 unspecified atom stereocenters. The molecule has 3 aromatic rings. The van der Waals surface area contributed by atoms with E-state index in [-0.39, 0.29) is 35.5 Å². The molecule has 0 spiro atoms. The number of halogens is 1. The van der Waals surface area contributed by atoms with Crippen LogP contribution >= 0.6 is 0 Å². The van der Waals surface area contributed by atoms with Gasteiger partial charge in [0.2, 0.25) is 5.91 Å². The highest BCUT2D eigenvalue weighted by Crippen LogP contribution is 2.32. The number of piperazine rings is 1. The number of carboxylic acid groups (broad SMARTS) is 1. The summed E-state index contributed by atoms with van der Waals surface area (Å²) in [7, 11) is 0. The molecular formula is C21H18FN3O3. The van der Waals surface area contributed by atoms with E-state index in [1.165, 1.54) is 12.1 Å². The van der Waals surface area contributed by atoms with Crippen LogP contribution in [0.15, 0.2) is 48.5 Å². The number of carbonyl (C=O) groups excluding carboxylic acids is 1. The van der Waals surface area contributed by atoms with Gasteiger partial charge >= 0.3 is 5.97 Å². The van der Waals surface area contributed by atoms with E-state index in [9.17, 15) is 19.1 Å². The maximum absolute atomic E-state index is 14.4. The number of hydrogen-bond acceptors (Lipinski definition) is 4. The predicted molar refractivity (Wildman–Crippen MR) is 102 cm³/mol. The lowest BCUT2D eigenvalue weighted by Crippen LogP contribution is -2.47. The van der Waals surface area contributed by atoms with E-state index in [2.05, 4.69) is 10.3 Å². The van der Waals surface area contributed by atoms with Gasteiger partial charge in [-0.15, -0.1) is 0 Å². The molecule has 1 aromatic heterocycles. The third-order valence-corrected chi connectivity index (χ3v) is 4.83. The maximum atomic E-state index is 14.4. The zero-order valence-corrected chi connectivity index (χ0v) is 15.0. The van der Waals surface area contributed by atoms with Crippen LogP contribution in [0.5, 0.6) is 0 Å². The Bertz CT molecular complexity index is 1070. The number of rotatable bonds is 4. The molecule has 2 N–H and O–H groups in total. The first-order chi connectivity index (χ1) is 13.5. The number of aromatic nitrogens is 1. The van der Waals surface area contributed by atoms with Crippen molar-refractivity contribution < 1.29 is 19.1 Å². The summed E-state index contributed by atoms with van der Waals surface area (Å²) in [5, 5.41) is 13.0. The molecule has 4 rings (SSSR count). The number of fused-ring (bicyclic) bond motifs is 1. The number of benzene rings is 2. The minimum absolute atomic E-state index is 0.0225. The number of carbonyl (C=O) groups is 2. The lowest BCUT2D eigenvalue weighted by molar-refractivity contribution is -0.124. The molecule has 1 fully saturated rings. The van der Waals surface area contributed by atoms with Crippen molar-refractivity contribution in [2.24, 2.45) is 0 Å². The summed E-state index contributed by atoms with van der Waals surface area (Å²) in [6.07, 6.45) is 0. The molecule has 1 saturated heterocycles. The Morgan fingerprint density at radius 3 is 2.68 bits per heavy atom. The average molecular weight is 379 g/mol. The van der Waals surface area contributed by atoms with E-state index in [0.717, 1.165) is 0 Å². The molecule has 2 aromatic carbocycles. The summed E-state index contributed by atoms with van der Waals surface area (Å²) in [5.41, 5.74) is 1.65. The van der Waals surface area contributed by atoms with Gasteiger partial charge in [0.1, 0.15) is 11.3 Å². The maximum Gasteiger partial charge on any atom is 0.336 e. The van der Waals surface area contributed by atoms with Crippen LogP contribution in [-0.2, 0) is 11.3 Å². The second-order valence-electron chi connectivity index (χ2n) is 6.68. The van der Waals surface area contributed by atoms with E-state index in [4.69, 9.17) is 0 Å². The Kier molecular flexibility index (Phi) is 4.75. The first kappa shape index (κ1) is 18.1. The summed E-state index contributed by atoms with van der Waals surface area (Å²) >= 11 is 0. The molecule has 0 atom stereocenters. The Labute approximate surface area is 160 Å². The van der Waals surface area contributed by atoms with E-state index in [1.807, 2.05) is 35.2 Å². The van der Waals surface area contributed by atoms with Crippen molar-refractivity contribution in [3.63, 3.8) is 0 Å². The highest BCUT2D eigenvalue weighted by Gasteiger charge is 2.25. The Morgan fingerprint density at radius 1 is 1.18 bits per heavy atom. The van der Waals surface area contributed by atoms with Crippen LogP contribution in [0, 0.1) is 5.82 Å². The summed E-state index contributed by atoms with van der Waals surface area (Å²) in [6.45, 7) is 1.50. The Hall–Kier alpha value is -3.32. The lowest BCUT2D eigenvalue weighted by atomic mass is 9.96. The number of para-hydroxylation sites is 1. The van der Waals surface area contributed by atoms with Crippen molar-refractivity contribution in [1.29, 1.82) is 0 Å². The Morgan fingerprint density at radius 2 is 1.96 bits per heavy atom. The quantitative estimate of drug-likeness (QED) is 0.728. The molecule has 142 valence electrons. The minimum Gasteiger partial charge on any atom is -0.478 e. The van der Waals surface area contributed by atoms with Crippen molar-refractivity contribution >= 4 is 22.8 Å². The number of aromatic carboxylic acids is 1. The van der Waals surface area contributed by atoms with Crippen LogP contribution < -0.4 is 5.32 Å². The summed E-state index contributed by atoms with van der Waals surface area (Å²) in [4.78, 5) is 30.3. The fourth-order valence-corrected chi connectivity index (χ4v) is 3.57. The van der Waals surface area contributed by atoms with Crippen LogP contribution in [0.3, 0.4) is 0 Å². The van der Waals surface area contributed by atoms with Crippen molar-refractivity contribution in [2.45, 2.75) is 6.54 Å². The fraction of sp³-hybridized carbons (Fsp3) is 0.190. The molecule has 1 aliphatic rings. The molecule has 2 heterocycles. The number of carboxylic acids is 1. The lowest BCUT2D eigenvalue weighted by Gasteiger charge is -2.28.